The van der Waals surface area contributed by atoms with E-state index in [0.29, 0.717) is 17.6 Å². The Morgan fingerprint density at radius 2 is 2.31 bits per heavy atom. The first-order chi connectivity index (χ1) is 6.27. The topological polar surface area (TPSA) is 48.4 Å². The van der Waals surface area contributed by atoms with Crippen LogP contribution in [0, 0.1) is 0 Å². The molecule has 1 unspecified atom stereocenters. The molecule has 1 aliphatic heterocycles. The molecular formula is C9H10ClNO2. The Labute approximate surface area is 81.1 Å². The first kappa shape index (κ1) is 8.66. The summed E-state index contributed by atoms with van der Waals surface area (Å²) in [5.74, 6) is 0.682. The van der Waals surface area contributed by atoms with E-state index in [1.807, 2.05) is 0 Å². The van der Waals surface area contributed by atoms with Crippen LogP contribution >= 0.6 is 11.6 Å². The second kappa shape index (κ2) is 3.44. The standard InChI is InChI=1S/C9H10ClNO2/c10-8-2-1-7(13-8)9(11)6-3-4-12-5-6/h1-2,5,9H,3-4,11H2. The molecule has 0 amide bonds. The van der Waals surface area contributed by atoms with Crippen LogP contribution in [-0.4, -0.2) is 6.61 Å². The Morgan fingerprint density at radius 1 is 1.46 bits per heavy atom. The number of furan rings is 1. The van der Waals surface area contributed by atoms with Gasteiger partial charge in [0.15, 0.2) is 5.22 Å². The van der Waals surface area contributed by atoms with Crippen LogP contribution in [0.5, 0.6) is 0 Å². The van der Waals surface area contributed by atoms with E-state index in [1.54, 1.807) is 18.4 Å². The van der Waals surface area contributed by atoms with Gasteiger partial charge in [0, 0.05) is 6.42 Å². The third kappa shape index (κ3) is 1.71. The maximum Gasteiger partial charge on any atom is 0.193 e. The van der Waals surface area contributed by atoms with E-state index in [-0.39, 0.29) is 6.04 Å². The van der Waals surface area contributed by atoms with E-state index in [0.717, 1.165) is 12.0 Å². The highest BCUT2D eigenvalue weighted by Crippen LogP contribution is 2.27. The molecule has 70 valence electrons. The lowest BCUT2D eigenvalue weighted by Gasteiger charge is -2.07. The van der Waals surface area contributed by atoms with E-state index in [9.17, 15) is 0 Å². The number of ether oxygens (including phenoxy) is 1. The summed E-state index contributed by atoms with van der Waals surface area (Å²) in [6.45, 7) is 0.706. The van der Waals surface area contributed by atoms with E-state index in [2.05, 4.69) is 0 Å². The molecular weight excluding hydrogens is 190 g/mol. The number of halogens is 1. The van der Waals surface area contributed by atoms with Crippen molar-refractivity contribution in [3.05, 3.63) is 34.9 Å². The van der Waals surface area contributed by atoms with Crippen LogP contribution < -0.4 is 5.73 Å². The second-order valence-corrected chi connectivity index (χ2v) is 3.31. The fraction of sp³-hybridized carbons (Fsp3) is 0.333. The van der Waals surface area contributed by atoms with E-state index >= 15 is 0 Å². The average Bonchev–Trinajstić information content (AvgIpc) is 2.72. The summed E-state index contributed by atoms with van der Waals surface area (Å²) in [5.41, 5.74) is 6.96. The number of rotatable bonds is 2. The van der Waals surface area contributed by atoms with Crippen molar-refractivity contribution in [3.63, 3.8) is 0 Å². The van der Waals surface area contributed by atoms with Gasteiger partial charge in [0.1, 0.15) is 5.76 Å². The first-order valence-electron chi connectivity index (χ1n) is 4.09. The average molecular weight is 200 g/mol. The van der Waals surface area contributed by atoms with Gasteiger partial charge in [0.05, 0.1) is 18.9 Å². The zero-order valence-electron chi connectivity index (χ0n) is 7.00. The van der Waals surface area contributed by atoms with Crippen LogP contribution in [0.2, 0.25) is 5.22 Å². The molecule has 3 nitrogen and oxygen atoms in total. The molecule has 0 aliphatic carbocycles. The fourth-order valence-corrected chi connectivity index (χ4v) is 1.46. The monoisotopic (exact) mass is 199 g/mol. The quantitative estimate of drug-likeness (QED) is 0.795. The van der Waals surface area contributed by atoms with Gasteiger partial charge < -0.3 is 14.9 Å². The van der Waals surface area contributed by atoms with Crippen LogP contribution in [0.3, 0.4) is 0 Å². The molecule has 0 saturated heterocycles. The summed E-state index contributed by atoms with van der Waals surface area (Å²) in [7, 11) is 0. The predicted molar refractivity (Wildman–Crippen MR) is 49.3 cm³/mol. The number of hydrogen-bond donors (Lipinski definition) is 1. The van der Waals surface area contributed by atoms with Gasteiger partial charge in [-0.25, -0.2) is 0 Å². The summed E-state index contributed by atoms with van der Waals surface area (Å²) in [5, 5.41) is 0.366. The van der Waals surface area contributed by atoms with Crippen LogP contribution in [0.15, 0.2) is 28.4 Å². The molecule has 2 heterocycles. The number of hydrogen-bond acceptors (Lipinski definition) is 3. The van der Waals surface area contributed by atoms with Gasteiger partial charge in [0.25, 0.3) is 0 Å². The molecule has 4 heteroatoms. The lowest BCUT2D eigenvalue weighted by Crippen LogP contribution is -2.11. The van der Waals surface area contributed by atoms with Gasteiger partial charge in [-0.1, -0.05) is 0 Å². The highest BCUT2D eigenvalue weighted by Gasteiger charge is 2.18. The lowest BCUT2D eigenvalue weighted by molar-refractivity contribution is 0.281. The minimum Gasteiger partial charge on any atom is -0.501 e. The smallest absolute Gasteiger partial charge is 0.193 e. The molecule has 0 spiro atoms. The van der Waals surface area contributed by atoms with E-state index < -0.39 is 0 Å². The minimum absolute atomic E-state index is 0.227. The summed E-state index contributed by atoms with van der Waals surface area (Å²) in [4.78, 5) is 0. The largest absolute Gasteiger partial charge is 0.501 e. The minimum atomic E-state index is -0.227. The third-order valence-corrected chi connectivity index (χ3v) is 2.25. The van der Waals surface area contributed by atoms with Gasteiger partial charge in [-0.2, -0.15) is 0 Å². The summed E-state index contributed by atoms with van der Waals surface area (Å²) >= 11 is 5.64. The van der Waals surface area contributed by atoms with Crippen molar-refractivity contribution in [2.45, 2.75) is 12.5 Å². The van der Waals surface area contributed by atoms with Gasteiger partial charge >= 0.3 is 0 Å². The fourth-order valence-electron chi connectivity index (χ4n) is 1.31. The molecule has 0 bridgehead atoms. The molecule has 1 aliphatic rings. The maximum absolute atomic E-state index is 5.91. The number of nitrogens with two attached hydrogens (primary N) is 1. The Bertz CT molecular complexity index is 332. The third-order valence-electron chi connectivity index (χ3n) is 2.04. The molecule has 1 aromatic heterocycles. The van der Waals surface area contributed by atoms with Gasteiger partial charge in [-0.05, 0) is 29.3 Å². The van der Waals surface area contributed by atoms with Crippen molar-refractivity contribution >= 4 is 11.6 Å². The Morgan fingerprint density at radius 3 is 2.85 bits per heavy atom. The molecule has 13 heavy (non-hydrogen) atoms. The molecule has 1 aromatic rings. The molecule has 0 radical (unpaired) electrons. The second-order valence-electron chi connectivity index (χ2n) is 2.93. The zero-order chi connectivity index (χ0) is 9.26. The van der Waals surface area contributed by atoms with Crippen molar-refractivity contribution < 1.29 is 9.15 Å². The van der Waals surface area contributed by atoms with Crippen molar-refractivity contribution in [2.75, 3.05) is 6.61 Å². The van der Waals surface area contributed by atoms with Crippen molar-refractivity contribution in [2.24, 2.45) is 5.73 Å². The zero-order valence-corrected chi connectivity index (χ0v) is 7.75. The highest BCUT2D eigenvalue weighted by atomic mass is 35.5. The van der Waals surface area contributed by atoms with Gasteiger partial charge in [0.2, 0.25) is 0 Å². The Balaban J connectivity index is 2.16. The van der Waals surface area contributed by atoms with Crippen LogP contribution in [-0.2, 0) is 4.74 Å². The van der Waals surface area contributed by atoms with Crippen molar-refractivity contribution in [1.29, 1.82) is 0 Å². The van der Waals surface area contributed by atoms with Crippen LogP contribution in [0.25, 0.3) is 0 Å². The van der Waals surface area contributed by atoms with E-state index in [1.165, 1.54) is 0 Å². The van der Waals surface area contributed by atoms with E-state index in [4.69, 9.17) is 26.5 Å². The van der Waals surface area contributed by atoms with Crippen LogP contribution in [0.4, 0.5) is 0 Å². The Kier molecular flexibility index (Phi) is 2.29. The predicted octanol–water partition coefficient (Wildman–Crippen LogP) is 2.24. The molecule has 0 aromatic carbocycles. The normalized spacial score (nSPS) is 18.2. The first-order valence-corrected chi connectivity index (χ1v) is 4.46. The highest BCUT2D eigenvalue weighted by molar-refractivity contribution is 6.28. The summed E-state index contributed by atoms with van der Waals surface area (Å²) in [6, 6.07) is 3.24. The molecule has 1 atom stereocenters. The maximum atomic E-state index is 5.91. The van der Waals surface area contributed by atoms with Crippen LogP contribution in [0.1, 0.15) is 18.2 Å². The molecule has 0 fully saturated rings. The van der Waals surface area contributed by atoms with Gasteiger partial charge in [-0.15, -0.1) is 0 Å². The Hall–Kier alpha value is -0.930. The summed E-state index contributed by atoms with van der Waals surface area (Å²) in [6.07, 6.45) is 2.56. The summed E-state index contributed by atoms with van der Waals surface area (Å²) < 4.78 is 10.3. The lowest BCUT2D eigenvalue weighted by atomic mass is 10.1. The molecule has 2 N–H and O–H groups in total. The van der Waals surface area contributed by atoms with Gasteiger partial charge in [-0.3, -0.25) is 0 Å². The van der Waals surface area contributed by atoms with Crippen molar-refractivity contribution in [3.8, 4) is 0 Å². The van der Waals surface area contributed by atoms with Crippen molar-refractivity contribution in [1.82, 2.24) is 0 Å². The molecule has 2 rings (SSSR count). The molecule has 0 saturated carbocycles. The SMILES string of the molecule is NC(C1=COCC1)c1ccc(Cl)o1.